The summed E-state index contributed by atoms with van der Waals surface area (Å²) < 4.78 is 4.69. The van der Waals surface area contributed by atoms with E-state index in [9.17, 15) is 9.59 Å². The molecule has 0 saturated carbocycles. The molecule has 26 heavy (non-hydrogen) atoms. The van der Waals surface area contributed by atoms with E-state index in [2.05, 4.69) is 14.8 Å². The Bertz CT molecular complexity index is 596. The third-order valence-corrected chi connectivity index (χ3v) is 5.06. The minimum atomic E-state index is -0.225. The van der Waals surface area contributed by atoms with Crippen molar-refractivity contribution in [3.63, 3.8) is 0 Å². The molecular formula is C18H27N5O3. The SMILES string of the molecule is COC(=O)CN1CCN(C(=O)CN2CCN(c3ccncc3)CC2)CC1. The van der Waals surface area contributed by atoms with Crippen LogP contribution in [0.4, 0.5) is 5.69 Å². The first-order valence-corrected chi connectivity index (χ1v) is 9.10. The number of ether oxygens (including phenoxy) is 1. The Balaban J connectivity index is 1.39. The Labute approximate surface area is 154 Å². The number of carbonyl (C=O) groups is 2. The molecule has 0 N–H and O–H groups in total. The van der Waals surface area contributed by atoms with Crippen LogP contribution in [0.5, 0.6) is 0 Å². The van der Waals surface area contributed by atoms with Crippen LogP contribution >= 0.6 is 0 Å². The zero-order valence-electron chi connectivity index (χ0n) is 15.3. The van der Waals surface area contributed by atoms with E-state index < -0.39 is 0 Å². The normalized spacial score (nSPS) is 19.4. The van der Waals surface area contributed by atoms with Gasteiger partial charge in [-0.1, -0.05) is 0 Å². The van der Waals surface area contributed by atoms with Crippen LogP contribution in [0.1, 0.15) is 0 Å². The molecule has 0 unspecified atom stereocenters. The summed E-state index contributed by atoms with van der Waals surface area (Å²) >= 11 is 0. The number of rotatable bonds is 5. The topological polar surface area (TPSA) is 69.2 Å². The molecule has 0 aromatic carbocycles. The molecule has 142 valence electrons. The van der Waals surface area contributed by atoms with Gasteiger partial charge in [-0.2, -0.15) is 0 Å². The van der Waals surface area contributed by atoms with E-state index >= 15 is 0 Å². The predicted octanol–water partition coefficient (Wildman–Crippen LogP) is -0.479. The number of nitrogens with zero attached hydrogens (tertiary/aromatic N) is 5. The second-order valence-corrected chi connectivity index (χ2v) is 6.70. The van der Waals surface area contributed by atoms with Gasteiger partial charge >= 0.3 is 5.97 Å². The molecule has 2 fully saturated rings. The van der Waals surface area contributed by atoms with E-state index in [1.807, 2.05) is 34.3 Å². The number of carbonyl (C=O) groups excluding carboxylic acids is 2. The molecule has 0 aliphatic carbocycles. The van der Waals surface area contributed by atoms with Crippen molar-refractivity contribution in [3.8, 4) is 0 Å². The van der Waals surface area contributed by atoms with Crippen molar-refractivity contribution in [2.24, 2.45) is 0 Å². The minimum Gasteiger partial charge on any atom is -0.468 e. The molecule has 0 atom stereocenters. The third-order valence-electron chi connectivity index (χ3n) is 5.06. The average Bonchev–Trinajstić information content (AvgIpc) is 2.69. The van der Waals surface area contributed by atoms with Crippen LogP contribution in [0.25, 0.3) is 0 Å². The van der Waals surface area contributed by atoms with Crippen LogP contribution in [0.3, 0.4) is 0 Å². The number of methoxy groups -OCH3 is 1. The van der Waals surface area contributed by atoms with E-state index in [1.54, 1.807) is 0 Å². The van der Waals surface area contributed by atoms with Gasteiger partial charge in [0.15, 0.2) is 0 Å². The van der Waals surface area contributed by atoms with Crippen molar-refractivity contribution in [3.05, 3.63) is 24.5 Å². The van der Waals surface area contributed by atoms with Crippen molar-refractivity contribution >= 4 is 17.6 Å². The van der Waals surface area contributed by atoms with Gasteiger partial charge in [0, 0.05) is 70.4 Å². The van der Waals surface area contributed by atoms with Gasteiger partial charge in [0.25, 0.3) is 0 Å². The van der Waals surface area contributed by atoms with Gasteiger partial charge in [-0.15, -0.1) is 0 Å². The molecule has 1 aromatic heterocycles. The number of aromatic nitrogens is 1. The summed E-state index contributed by atoms with van der Waals surface area (Å²) in [6, 6.07) is 4.04. The van der Waals surface area contributed by atoms with Crippen molar-refractivity contribution in [2.75, 3.05) is 77.5 Å². The minimum absolute atomic E-state index is 0.181. The quantitative estimate of drug-likeness (QED) is 0.656. The van der Waals surface area contributed by atoms with E-state index in [0.29, 0.717) is 26.2 Å². The number of piperazine rings is 2. The van der Waals surface area contributed by atoms with Gasteiger partial charge in [0.05, 0.1) is 20.2 Å². The van der Waals surface area contributed by atoms with Crippen molar-refractivity contribution in [1.29, 1.82) is 0 Å². The third kappa shape index (κ3) is 4.92. The lowest BCUT2D eigenvalue weighted by Crippen LogP contribution is -2.54. The Morgan fingerprint density at radius 1 is 0.923 bits per heavy atom. The number of hydrogen-bond acceptors (Lipinski definition) is 7. The second kappa shape index (κ2) is 8.95. The molecule has 0 bridgehead atoms. The number of anilines is 1. The molecule has 2 aliphatic rings. The summed E-state index contributed by atoms with van der Waals surface area (Å²) in [4.78, 5) is 36.4. The van der Waals surface area contributed by atoms with Crippen LogP contribution in [0.15, 0.2) is 24.5 Å². The highest BCUT2D eigenvalue weighted by atomic mass is 16.5. The maximum absolute atomic E-state index is 12.6. The Morgan fingerprint density at radius 3 is 2.12 bits per heavy atom. The van der Waals surface area contributed by atoms with Crippen molar-refractivity contribution in [1.82, 2.24) is 19.7 Å². The fourth-order valence-corrected chi connectivity index (χ4v) is 3.41. The average molecular weight is 361 g/mol. The fourth-order valence-electron chi connectivity index (χ4n) is 3.41. The smallest absolute Gasteiger partial charge is 0.319 e. The van der Waals surface area contributed by atoms with Gasteiger partial charge in [-0.3, -0.25) is 24.4 Å². The highest BCUT2D eigenvalue weighted by Crippen LogP contribution is 2.15. The fraction of sp³-hybridized carbons (Fsp3) is 0.611. The molecule has 0 spiro atoms. The summed E-state index contributed by atoms with van der Waals surface area (Å²) in [5, 5.41) is 0. The number of hydrogen-bond donors (Lipinski definition) is 0. The summed E-state index contributed by atoms with van der Waals surface area (Å²) in [7, 11) is 1.40. The lowest BCUT2D eigenvalue weighted by Gasteiger charge is -2.38. The molecule has 8 heteroatoms. The first-order chi connectivity index (χ1) is 12.7. The number of esters is 1. The summed E-state index contributed by atoms with van der Waals surface area (Å²) in [5.41, 5.74) is 1.19. The molecule has 8 nitrogen and oxygen atoms in total. The van der Waals surface area contributed by atoms with Crippen molar-refractivity contribution in [2.45, 2.75) is 0 Å². The molecule has 3 heterocycles. The Morgan fingerprint density at radius 2 is 1.50 bits per heavy atom. The van der Waals surface area contributed by atoms with Crippen LogP contribution in [-0.2, 0) is 14.3 Å². The zero-order valence-corrected chi connectivity index (χ0v) is 15.3. The van der Waals surface area contributed by atoms with Crippen LogP contribution in [-0.4, -0.2) is 104 Å². The lowest BCUT2D eigenvalue weighted by molar-refractivity contribution is -0.142. The highest BCUT2D eigenvalue weighted by molar-refractivity contribution is 5.78. The molecule has 2 saturated heterocycles. The maximum Gasteiger partial charge on any atom is 0.319 e. The summed E-state index contributed by atoms with van der Waals surface area (Å²) in [5.74, 6) is -0.0445. The molecular weight excluding hydrogens is 334 g/mol. The van der Waals surface area contributed by atoms with Gasteiger partial charge < -0.3 is 14.5 Å². The maximum atomic E-state index is 12.6. The van der Waals surface area contributed by atoms with Crippen LogP contribution < -0.4 is 4.90 Å². The Hall–Kier alpha value is -2.19. The van der Waals surface area contributed by atoms with Gasteiger partial charge in [0.1, 0.15) is 0 Å². The van der Waals surface area contributed by atoms with E-state index in [1.165, 1.54) is 12.8 Å². The standard InChI is InChI=1S/C18H27N5O3/c1-26-18(25)15-21-8-12-23(13-9-21)17(24)14-20-6-10-22(11-7-20)16-2-4-19-5-3-16/h2-5H,6-15H2,1H3. The van der Waals surface area contributed by atoms with Gasteiger partial charge in [0.2, 0.25) is 5.91 Å². The highest BCUT2D eigenvalue weighted by Gasteiger charge is 2.25. The largest absolute Gasteiger partial charge is 0.468 e. The van der Waals surface area contributed by atoms with E-state index in [-0.39, 0.29) is 11.9 Å². The van der Waals surface area contributed by atoms with E-state index in [0.717, 1.165) is 39.3 Å². The first-order valence-electron chi connectivity index (χ1n) is 9.10. The zero-order chi connectivity index (χ0) is 18.4. The Kier molecular flexibility index (Phi) is 6.40. The summed E-state index contributed by atoms with van der Waals surface area (Å²) in [6.07, 6.45) is 3.62. The van der Waals surface area contributed by atoms with Gasteiger partial charge in [-0.05, 0) is 12.1 Å². The summed E-state index contributed by atoms with van der Waals surface area (Å²) in [6.45, 7) is 7.17. The molecule has 3 rings (SSSR count). The predicted molar refractivity (Wildman–Crippen MR) is 97.9 cm³/mol. The van der Waals surface area contributed by atoms with Crippen LogP contribution in [0, 0.1) is 0 Å². The van der Waals surface area contributed by atoms with Crippen LogP contribution in [0.2, 0.25) is 0 Å². The molecule has 2 aliphatic heterocycles. The monoisotopic (exact) mass is 361 g/mol. The molecule has 1 amide bonds. The molecule has 1 aromatic rings. The second-order valence-electron chi connectivity index (χ2n) is 6.70. The number of pyridine rings is 1. The van der Waals surface area contributed by atoms with E-state index in [4.69, 9.17) is 4.74 Å². The molecule has 0 radical (unpaired) electrons. The first kappa shape index (κ1) is 18.6. The van der Waals surface area contributed by atoms with Gasteiger partial charge in [-0.25, -0.2) is 0 Å². The van der Waals surface area contributed by atoms with Crippen molar-refractivity contribution < 1.29 is 14.3 Å². The lowest BCUT2D eigenvalue weighted by atomic mass is 10.2. The number of amides is 1.